The summed E-state index contributed by atoms with van der Waals surface area (Å²) in [6, 6.07) is 0. The Bertz CT molecular complexity index is 396. The molecule has 0 aromatic carbocycles. The van der Waals surface area contributed by atoms with Gasteiger partial charge in [-0.15, -0.1) is 11.3 Å². The first kappa shape index (κ1) is 16.1. The fourth-order valence-electron chi connectivity index (χ4n) is 2.33. The second-order valence-corrected chi connectivity index (χ2v) is 7.98. The van der Waals surface area contributed by atoms with Crippen LogP contribution >= 0.6 is 23.1 Å². The number of rotatable bonds is 6. The van der Waals surface area contributed by atoms with Crippen LogP contribution in [0.4, 0.5) is 5.13 Å². The molecule has 0 radical (unpaired) electrons. The minimum atomic E-state index is 0.704. The molecule has 1 aromatic heterocycles. The van der Waals surface area contributed by atoms with Crippen molar-refractivity contribution in [3.05, 3.63) is 10.6 Å². The van der Waals surface area contributed by atoms with Crippen LogP contribution in [0.1, 0.15) is 37.8 Å². The molecule has 0 amide bonds. The topological polar surface area (TPSA) is 28.2 Å². The Labute approximate surface area is 131 Å². The Morgan fingerprint density at radius 3 is 2.90 bits per heavy atom. The third-order valence-corrected chi connectivity index (χ3v) is 5.64. The zero-order valence-corrected chi connectivity index (χ0v) is 14.6. The van der Waals surface area contributed by atoms with Gasteiger partial charge in [0, 0.05) is 30.3 Å². The molecule has 1 aromatic rings. The molecule has 1 fully saturated rings. The van der Waals surface area contributed by atoms with E-state index in [1.807, 2.05) is 11.3 Å². The van der Waals surface area contributed by atoms with Crippen molar-refractivity contribution in [1.29, 1.82) is 0 Å². The van der Waals surface area contributed by atoms with Crippen molar-refractivity contribution in [2.75, 3.05) is 36.0 Å². The summed E-state index contributed by atoms with van der Waals surface area (Å²) in [5.74, 6) is 3.24. The largest absolute Gasteiger partial charge is 0.347 e. The molecule has 3 nitrogen and oxygen atoms in total. The summed E-state index contributed by atoms with van der Waals surface area (Å²) in [5.41, 5.74) is 1.29. The van der Waals surface area contributed by atoms with Gasteiger partial charge < -0.3 is 10.2 Å². The average molecular weight is 314 g/mol. The smallest absolute Gasteiger partial charge is 0.185 e. The van der Waals surface area contributed by atoms with E-state index in [0.29, 0.717) is 5.92 Å². The number of thioether (sulfide) groups is 1. The number of aryl methyl sites for hydroxylation is 1. The maximum atomic E-state index is 4.89. The Balaban J connectivity index is 2.01. The molecule has 2 heterocycles. The van der Waals surface area contributed by atoms with E-state index in [1.54, 1.807) is 0 Å². The molecule has 1 N–H and O–H groups in total. The van der Waals surface area contributed by atoms with Gasteiger partial charge in [0.2, 0.25) is 0 Å². The molecule has 0 bridgehead atoms. The van der Waals surface area contributed by atoms with E-state index in [-0.39, 0.29) is 0 Å². The van der Waals surface area contributed by atoms with Gasteiger partial charge in [-0.25, -0.2) is 4.98 Å². The predicted octanol–water partition coefficient (Wildman–Crippen LogP) is 3.39. The van der Waals surface area contributed by atoms with Crippen molar-refractivity contribution >= 4 is 28.2 Å². The molecule has 1 aliphatic heterocycles. The lowest BCUT2D eigenvalue weighted by Gasteiger charge is -2.18. The van der Waals surface area contributed by atoms with Crippen LogP contribution in [-0.4, -0.2) is 36.1 Å². The Morgan fingerprint density at radius 1 is 1.30 bits per heavy atom. The lowest BCUT2D eigenvalue weighted by Crippen LogP contribution is -2.25. The quantitative estimate of drug-likeness (QED) is 0.871. The highest BCUT2D eigenvalue weighted by Gasteiger charge is 2.16. The van der Waals surface area contributed by atoms with Crippen molar-refractivity contribution in [3.8, 4) is 0 Å². The van der Waals surface area contributed by atoms with E-state index in [0.717, 1.165) is 26.1 Å². The first-order chi connectivity index (χ1) is 9.70. The molecule has 5 heteroatoms. The number of hydrogen-bond acceptors (Lipinski definition) is 5. The van der Waals surface area contributed by atoms with Crippen LogP contribution in [0.3, 0.4) is 0 Å². The number of nitrogens with zero attached hydrogens (tertiary/aromatic N) is 2. The lowest BCUT2D eigenvalue weighted by molar-refractivity contribution is 0.553. The molecule has 0 spiro atoms. The summed E-state index contributed by atoms with van der Waals surface area (Å²) in [4.78, 5) is 8.80. The third-order valence-electron chi connectivity index (χ3n) is 3.43. The Kier molecular flexibility index (Phi) is 6.65. The van der Waals surface area contributed by atoms with E-state index in [4.69, 9.17) is 4.98 Å². The van der Waals surface area contributed by atoms with Crippen LogP contribution in [0, 0.1) is 5.92 Å². The van der Waals surface area contributed by atoms with Gasteiger partial charge in [-0.05, 0) is 31.1 Å². The van der Waals surface area contributed by atoms with Gasteiger partial charge in [0.15, 0.2) is 5.13 Å². The molecular formula is C15H27N3S2. The first-order valence-corrected chi connectivity index (χ1v) is 9.69. The van der Waals surface area contributed by atoms with E-state index < -0.39 is 0 Å². The Morgan fingerprint density at radius 2 is 2.15 bits per heavy atom. The van der Waals surface area contributed by atoms with E-state index >= 15 is 0 Å². The fraction of sp³-hybridized carbons (Fsp3) is 0.800. The molecule has 2 rings (SSSR count). The van der Waals surface area contributed by atoms with Crippen LogP contribution in [0.5, 0.6) is 0 Å². The van der Waals surface area contributed by atoms with Gasteiger partial charge in [0.1, 0.15) is 0 Å². The number of anilines is 1. The second-order valence-electron chi connectivity index (χ2n) is 5.70. The fourth-order valence-corrected chi connectivity index (χ4v) is 4.39. The zero-order chi connectivity index (χ0) is 14.4. The average Bonchev–Trinajstić information content (AvgIpc) is 2.65. The molecule has 0 aliphatic carbocycles. The molecule has 1 saturated heterocycles. The summed E-state index contributed by atoms with van der Waals surface area (Å²) in [6.45, 7) is 11.1. The lowest BCUT2D eigenvalue weighted by atomic mass is 10.2. The van der Waals surface area contributed by atoms with Crippen molar-refractivity contribution in [1.82, 2.24) is 10.3 Å². The summed E-state index contributed by atoms with van der Waals surface area (Å²) in [6.07, 6.45) is 2.32. The van der Waals surface area contributed by atoms with Crippen molar-refractivity contribution < 1.29 is 0 Å². The molecular weight excluding hydrogens is 286 g/mol. The van der Waals surface area contributed by atoms with Crippen LogP contribution in [0.15, 0.2) is 0 Å². The summed E-state index contributed by atoms with van der Waals surface area (Å²) >= 11 is 3.97. The van der Waals surface area contributed by atoms with Gasteiger partial charge in [-0.1, -0.05) is 20.8 Å². The number of hydrogen-bond donors (Lipinski definition) is 1. The van der Waals surface area contributed by atoms with E-state index in [1.165, 1.54) is 40.2 Å². The van der Waals surface area contributed by atoms with Gasteiger partial charge in [-0.2, -0.15) is 11.8 Å². The molecule has 0 unspecified atom stereocenters. The standard InChI is InChI=1S/C15H27N3S2/c1-4-13-14(11-16-10-12(2)3)20-15(17-13)18-6-5-8-19-9-7-18/h12,16H,4-11H2,1-3H3. The molecule has 0 atom stereocenters. The maximum Gasteiger partial charge on any atom is 0.185 e. The summed E-state index contributed by atoms with van der Waals surface area (Å²) in [7, 11) is 0. The minimum absolute atomic E-state index is 0.704. The third kappa shape index (κ3) is 4.64. The first-order valence-electron chi connectivity index (χ1n) is 7.72. The van der Waals surface area contributed by atoms with Crippen LogP contribution in [-0.2, 0) is 13.0 Å². The SMILES string of the molecule is CCc1nc(N2CCCSCC2)sc1CNCC(C)C. The van der Waals surface area contributed by atoms with Crippen LogP contribution in [0.2, 0.25) is 0 Å². The number of nitrogens with one attached hydrogen (secondary N) is 1. The molecule has 20 heavy (non-hydrogen) atoms. The van der Waals surface area contributed by atoms with Gasteiger partial charge in [-0.3, -0.25) is 0 Å². The zero-order valence-electron chi connectivity index (χ0n) is 12.9. The van der Waals surface area contributed by atoms with Gasteiger partial charge >= 0.3 is 0 Å². The van der Waals surface area contributed by atoms with E-state index in [9.17, 15) is 0 Å². The molecule has 114 valence electrons. The molecule has 1 aliphatic rings. The van der Waals surface area contributed by atoms with Gasteiger partial charge in [0.25, 0.3) is 0 Å². The second kappa shape index (κ2) is 8.25. The number of thiazole rings is 1. The monoisotopic (exact) mass is 313 g/mol. The van der Waals surface area contributed by atoms with Crippen molar-refractivity contribution in [2.24, 2.45) is 5.92 Å². The normalized spacial score (nSPS) is 16.7. The summed E-state index contributed by atoms with van der Waals surface area (Å²) < 4.78 is 0. The highest BCUT2D eigenvalue weighted by atomic mass is 32.2. The van der Waals surface area contributed by atoms with Crippen molar-refractivity contribution in [3.63, 3.8) is 0 Å². The van der Waals surface area contributed by atoms with E-state index in [2.05, 4.69) is 42.7 Å². The van der Waals surface area contributed by atoms with Crippen LogP contribution < -0.4 is 10.2 Å². The summed E-state index contributed by atoms with van der Waals surface area (Å²) in [5, 5.41) is 4.79. The van der Waals surface area contributed by atoms with Crippen LogP contribution in [0.25, 0.3) is 0 Å². The Hall–Kier alpha value is -0.260. The predicted molar refractivity (Wildman–Crippen MR) is 92.2 cm³/mol. The van der Waals surface area contributed by atoms with Gasteiger partial charge in [0.05, 0.1) is 5.69 Å². The van der Waals surface area contributed by atoms with Crippen molar-refractivity contribution in [2.45, 2.75) is 40.2 Å². The maximum absolute atomic E-state index is 4.89. The number of aromatic nitrogens is 1. The minimum Gasteiger partial charge on any atom is -0.347 e. The highest BCUT2D eigenvalue weighted by molar-refractivity contribution is 7.99. The molecule has 0 saturated carbocycles. The highest BCUT2D eigenvalue weighted by Crippen LogP contribution is 2.28.